The van der Waals surface area contributed by atoms with Gasteiger partial charge in [-0.1, -0.05) is 33.4 Å². The maximum Gasteiger partial charge on any atom is 0.330 e. The van der Waals surface area contributed by atoms with Gasteiger partial charge >= 0.3 is 11.9 Å². The van der Waals surface area contributed by atoms with Crippen LogP contribution in [0.15, 0.2) is 24.8 Å². The van der Waals surface area contributed by atoms with Crippen LogP contribution in [0.2, 0.25) is 0 Å². The standard InChI is InChI=1S/C17H26O6/c1-6-13(18)21-10-16(3,4)15-22-11-17(7-2,12-23-15)9-8-14(19)20-5/h6,8-9,15H,1,7,10-12H2,2-5H3. The zero-order valence-electron chi connectivity index (χ0n) is 14.3. The lowest BCUT2D eigenvalue weighted by atomic mass is 9.84. The summed E-state index contributed by atoms with van der Waals surface area (Å²) in [5, 5.41) is 0. The highest BCUT2D eigenvalue weighted by Crippen LogP contribution is 2.36. The maximum absolute atomic E-state index is 11.3. The van der Waals surface area contributed by atoms with Gasteiger partial charge in [0.15, 0.2) is 6.29 Å². The lowest BCUT2D eigenvalue weighted by Gasteiger charge is -2.42. The molecule has 1 rings (SSSR count). The summed E-state index contributed by atoms with van der Waals surface area (Å²) in [5.74, 6) is -0.880. The third-order valence-corrected chi connectivity index (χ3v) is 3.91. The number of rotatable bonds is 7. The van der Waals surface area contributed by atoms with Crippen molar-refractivity contribution >= 4 is 11.9 Å². The first-order chi connectivity index (χ1) is 10.8. The Morgan fingerprint density at radius 3 is 2.39 bits per heavy atom. The van der Waals surface area contributed by atoms with E-state index >= 15 is 0 Å². The molecule has 1 aliphatic rings. The van der Waals surface area contributed by atoms with Gasteiger partial charge in [0, 0.05) is 23.0 Å². The van der Waals surface area contributed by atoms with Crippen molar-refractivity contribution in [1.29, 1.82) is 0 Å². The average Bonchev–Trinajstić information content (AvgIpc) is 2.57. The molecular weight excluding hydrogens is 300 g/mol. The van der Waals surface area contributed by atoms with E-state index in [-0.39, 0.29) is 12.0 Å². The van der Waals surface area contributed by atoms with Gasteiger partial charge in [0.2, 0.25) is 0 Å². The summed E-state index contributed by atoms with van der Waals surface area (Å²) >= 11 is 0. The minimum atomic E-state index is -0.495. The largest absolute Gasteiger partial charge is 0.466 e. The molecule has 1 heterocycles. The first-order valence-electron chi connectivity index (χ1n) is 7.58. The highest BCUT2D eigenvalue weighted by Gasteiger charge is 2.41. The zero-order chi connectivity index (χ0) is 17.5. The second kappa shape index (κ2) is 8.26. The lowest BCUT2D eigenvalue weighted by Crippen LogP contribution is -2.48. The lowest BCUT2D eigenvalue weighted by molar-refractivity contribution is -0.266. The van der Waals surface area contributed by atoms with E-state index in [0.717, 1.165) is 12.5 Å². The zero-order valence-corrected chi connectivity index (χ0v) is 14.3. The van der Waals surface area contributed by atoms with Crippen LogP contribution >= 0.6 is 0 Å². The molecule has 0 unspecified atom stereocenters. The Kier molecular flexibility index (Phi) is 6.97. The molecule has 0 aliphatic carbocycles. The number of hydrogen-bond donors (Lipinski definition) is 0. The first-order valence-corrected chi connectivity index (χ1v) is 7.58. The molecule has 0 aromatic heterocycles. The van der Waals surface area contributed by atoms with Crippen LogP contribution in [0.4, 0.5) is 0 Å². The van der Waals surface area contributed by atoms with Crippen LogP contribution in [0.5, 0.6) is 0 Å². The molecule has 0 radical (unpaired) electrons. The average molecular weight is 326 g/mol. The fourth-order valence-electron chi connectivity index (χ4n) is 2.14. The normalized spacial score (nSPS) is 25.1. The van der Waals surface area contributed by atoms with E-state index in [0.29, 0.717) is 13.2 Å². The van der Waals surface area contributed by atoms with E-state index in [4.69, 9.17) is 14.2 Å². The number of hydrogen-bond acceptors (Lipinski definition) is 6. The molecule has 0 spiro atoms. The van der Waals surface area contributed by atoms with Crippen LogP contribution in [-0.4, -0.2) is 45.2 Å². The second-order valence-electron chi connectivity index (χ2n) is 6.33. The summed E-state index contributed by atoms with van der Waals surface area (Å²) in [6, 6.07) is 0. The molecule has 130 valence electrons. The van der Waals surface area contributed by atoms with Gasteiger partial charge in [-0.3, -0.25) is 0 Å². The molecular formula is C17H26O6. The molecule has 0 N–H and O–H groups in total. The molecule has 0 amide bonds. The minimum Gasteiger partial charge on any atom is -0.466 e. The van der Waals surface area contributed by atoms with Crippen LogP contribution in [0.3, 0.4) is 0 Å². The predicted octanol–water partition coefficient (Wildman–Crippen LogP) is 2.24. The fourth-order valence-corrected chi connectivity index (χ4v) is 2.14. The number of carbonyl (C=O) groups excluding carboxylic acids is 2. The topological polar surface area (TPSA) is 71.1 Å². The van der Waals surface area contributed by atoms with Crippen LogP contribution < -0.4 is 0 Å². The Labute approximate surface area is 137 Å². The van der Waals surface area contributed by atoms with Crippen molar-refractivity contribution in [2.75, 3.05) is 26.9 Å². The van der Waals surface area contributed by atoms with Gasteiger partial charge in [-0.25, -0.2) is 9.59 Å². The summed E-state index contributed by atoms with van der Waals surface area (Å²) in [4.78, 5) is 22.5. The summed E-state index contributed by atoms with van der Waals surface area (Å²) in [6.45, 7) is 10.2. The van der Waals surface area contributed by atoms with Gasteiger partial charge in [-0.15, -0.1) is 0 Å². The summed E-state index contributed by atoms with van der Waals surface area (Å²) in [7, 11) is 1.34. The van der Waals surface area contributed by atoms with Crippen molar-refractivity contribution in [3.63, 3.8) is 0 Å². The molecule has 23 heavy (non-hydrogen) atoms. The number of methoxy groups -OCH3 is 1. The van der Waals surface area contributed by atoms with Crippen LogP contribution in [0.25, 0.3) is 0 Å². The van der Waals surface area contributed by atoms with E-state index < -0.39 is 23.6 Å². The third kappa shape index (κ3) is 5.48. The molecule has 1 fully saturated rings. The minimum absolute atomic E-state index is 0.166. The highest BCUT2D eigenvalue weighted by atomic mass is 16.7. The molecule has 0 bridgehead atoms. The van der Waals surface area contributed by atoms with Gasteiger partial charge in [0.05, 0.1) is 20.3 Å². The van der Waals surface area contributed by atoms with Crippen LogP contribution in [-0.2, 0) is 28.5 Å². The van der Waals surface area contributed by atoms with Gasteiger partial charge in [0.25, 0.3) is 0 Å². The van der Waals surface area contributed by atoms with Crippen LogP contribution in [0.1, 0.15) is 27.2 Å². The van der Waals surface area contributed by atoms with E-state index in [1.807, 2.05) is 20.8 Å². The fraction of sp³-hybridized carbons (Fsp3) is 0.647. The first kappa shape index (κ1) is 19.4. The number of ether oxygens (including phenoxy) is 4. The van der Waals surface area contributed by atoms with E-state index in [2.05, 4.69) is 11.3 Å². The van der Waals surface area contributed by atoms with Gasteiger partial charge in [-0.2, -0.15) is 0 Å². The Morgan fingerprint density at radius 1 is 1.30 bits per heavy atom. The van der Waals surface area contributed by atoms with Crippen molar-refractivity contribution < 1.29 is 28.5 Å². The van der Waals surface area contributed by atoms with Crippen molar-refractivity contribution in [2.24, 2.45) is 10.8 Å². The smallest absolute Gasteiger partial charge is 0.330 e. The summed E-state index contributed by atoms with van der Waals surface area (Å²) < 4.78 is 21.4. The monoisotopic (exact) mass is 326 g/mol. The molecule has 1 aliphatic heterocycles. The molecule has 0 atom stereocenters. The summed E-state index contributed by atoms with van der Waals surface area (Å²) in [5.41, 5.74) is -0.858. The Morgan fingerprint density at radius 2 is 1.91 bits per heavy atom. The van der Waals surface area contributed by atoms with E-state index in [1.54, 1.807) is 6.08 Å². The Bertz CT molecular complexity index is 458. The molecule has 0 saturated carbocycles. The van der Waals surface area contributed by atoms with Gasteiger partial charge < -0.3 is 18.9 Å². The number of esters is 2. The van der Waals surface area contributed by atoms with Crippen molar-refractivity contribution in [2.45, 2.75) is 33.5 Å². The number of carbonyl (C=O) groups is 2. The highest BCUT2D eigenvalue weighted by molar-refractivity contribution is 5.82. The maximum atomic E-state index is 11.3. The third-order valence-electron chi connectivity index (χ3n) is 3.91. The summed E-state index contributed by atoms with van der Waals surface area (Å²) in [6.07, 6.45) is 4.57. The SMILES string of the molecule is C=CC(=O)OCC(C)(C)C1OCC(C=CC(=O)OC)(CC)CO1. The van der Waals surface area contributed by atoms with E-state index in [1.165, 1.54) is 13.2 Å². The van der Waals surface area contributed by atoms with Crippen LogP contribution in [0, 0.1) is 10.8 Å². The van der Waals surface area contributed by atoms with Gasteiger partial charge in [0.1, 0.15) is 6.61 Å². The van der Waals surface area contributed by atoms with Crippen molar-refractivity contribution in [3.8, 4) is 0 Å². The van der Waals surface area contributed by atoms with Gasteiger partial charge in [-0.05, 0) is 6.42 Å². The predicted molar refractivity (Wildman–Crippen MR) is 84.5 cm³/mol. The van der Waals surface area contributed by atoms with E-state index in [9.17, 15) is 9.59 Å². The van der Waals surface area contributed by atoms with Crippen molar-refractivity contribution in [3.05, 3.63) is 24.8 Å². The molecule has 1 saturated heterocycles. The Balaban J connectivity index is 2.64. The molecule has 0 aromatic carbocycles. The molecule has 6 heteroatoms. The Hall–Kier alpha value is -1.66. The van der Waals surface area contributed by atoms with Crippen molar-refractivity contribution in [1.82, 2.24) is 0 Å². The second-order valence-corrected chi connectivity index (χ2v) is 6.33. The quantitative estimate of drug-likeness (QED) is 0.528. The molecule has 0 aromatic rings. The molecule has 6 nitrogen and oxygen atoms in total.